The molecule has 3 aromatic heterocycles. The summed E-state index contributed by atoms with van der Waals surface area (Å²) in [7, 11) is 0. The number of amides is 1. The van der Waals surface area contributed by atoms with E-state index in [9.17, 15) is 22.8 Å². The van der Waals surface area contributed by atoms with E-state index >= 15 is 0 Å². The van der Waals surface area contributed by atoms with Crippen molar-refractivity contribution in [1.82, 2.24) is 24.4 Å². The minimum Gasteiger partial charge on any atom is -0.352 e. The molecule has 4 aromatic rings. The number of benzene rings is 1. The molecule has 43 heavy (non-hydrogen) atoms. The van der Waals surface area contributed by atoms with Gasteiger partial charge >= 0.3 is 11.9 Å². The van der Waals surface area contributed by atoms with Crippen LogP contribution in [-0.2, 0) is 17.5 Å². The number of carbonyl (C=O) groups excluding carboxylic acids is 1. The van der Waals surface area contributed by atoms with E-state index < -0.39 is 17.4 Å². The molecule has 14 heteroatoms. The predicted molar refractivity (Wildman–Crippen MR) is 165 cm³/mol. The molecule has 6 rings (SSSR count). The van der Waals surface area contributed by atoms with Crippen LogP contribution in [0.2, 0.25) is 5.02 Å². The number of alkyl halides is 3. The Balaban J connectivity index is 0.000000548. The molecular weight excluding hydrogens is 621 g/mol. The van der Waals surface area contributed by atoms with Crippen molar-refractivity contribution in [1.29, 1.82) is 0 Å². The lowest BCUT2D eigenvalue weighted by Crippen LogP contribution is -2.58. The summed E-state index contributed by atoms with van der Waals surface area (Å²) >= 11 is 8.58. The fourth-order valence-corrected chi connectivity index (χ4v) is 7.98. The Morgan fingerprint density at radius 3 is 2.40 bits per heavy atom. The van der Waals surface area contributed by atoms with E-state index in [1.165, 1.54) is 34.8 Å². The number of hydrogen-bond donors (Lipinski definition) is 0. The van der Waals surface area contributed by atoms with Crippen molar-refractivity contribution in [3.05, 3.63) is 76.0 Å². The Hall–Kier alpha value is -3.42. The number of rotatable bonds is 3. The van der Waals surface area contributed by atoms with E-state index in [0.717, 1.165) is 17.4 Å². The largest absolute Gasteiger partial charge is 0.417 e. The fraction of sp³-hybridized carbons (Fsp3) is 0.345. The van der Waals surface area contributed by atoms with Crippen molar-refractivity contribution in [2.45, 2.75) is 50.0 Å². The standard InChI is InChI=1S/C25H24ClF3N4O2S2.C4H4N2/c1-4-19(34)33-13(2)10-31(11-14(33)3)23-16-9-17(25(27,28)29)20(18-8-15(26)12-37-18)22-21(16)32(24(35)30-23)6-5-7-36-22;1-2-5-4-6-3-1/h4,8-9,12-14H,1,5-7,10-11H2,2-3H3;1-4H/t13-,14?;/m1./s1. The van der Waals surface area contributed by atoms with Crippen LogP contribution in [0.4, 0.5) is 19.0 Å². The van der Waals surface area contributed by atoms with Gasteiger partial charge in [0, 0.05) is 70.2 Å². The van der Waals surface area contributed by atoms with Crippen molar-refractivity contribution < 1.29 is 18.0 Å². The number of thioether (sulfide) groups is 1. The summed E-state index contributed by atoms with van der Waals surface area (Å²) in [5.41, 5.74) is -0.754. The molecule has 2 aliphatic rings. The van der Waals surface area contributed by atoms with Crippen LogP contribution in [0.5, 0.6) is 0 Å². The first-order chi connectivity index (χ1) is 20.5. The molecule has 0 N–H and O–H groups in total. The second-order valence-corrected chi connectivity index (χ2v) is 12.6. The minimum absolute atomic E-state index is 0.0530. The molecular formula is C29H28ClF3N6O2S2. The molecule has 0 saturated carbocycles. The molecule has 2 aliphatic heterocycles. The molecule has 1 saturated heterocycles. The van der Waals surface area contributed by atoms with E-state index in [-0.39, 0.29) is 34.8 Å². The quantitative estimate of drug-likeness (QED) is 0.238. The van der Waals surface area contributed by atoms with Crippen molar-refractivity contribution in [3.8, 4) is 10.4 Å². The summed E-state index contributed by atoms with van der Waals surface area (Å²) < 4.78 is 45.2. The fourth-order valence-electron chi connectivity index (χ4n) is 5.58. The molecule has 0 bridgehead atoms. The lowest BCUT2D eigenvalue weighted by Gasteiger charge is -2.44. The summed E-state index contributed by atoms with van der Waals surface area (Å²) in [6.07, 6.45) is 2.11. The Kier molecular flexibility index (Phi) is 9.14. The molecule has 226 valence electrons. The Morgan fingerprint density at radius 2 is 1.86 bits per heavy atom. The van der Waals surface area contributed by atoms with Gasteiger partial charge in [-0.1, -0.05) is 18.2 Å². The van der Waals surface area contributed by atoms with E-state index in [1.807, 2.05) is 18.7 Å². The van der Waals surface area contributed by atoms with Gasteiger partial charge in [0.05, 0.1) is 16.1 Å². The average Bonchev–Trinajstić information content (AvgIpc) is 3.28. The molecule has 0 aliphatic carbocycles. The van der Waals surface area contributed by atoms with Crippen LogP contribution < -0.4 is 10.6 Å². The highest BCUT2D eigenvalue weighted by atomic mass is 35.5. The number of halogens is 4. The van der Waals surface area contributed by atoms with Crippen molar-refractivity contribution in [3.63, 3.8) is 0 Å². The first-order valence-corrected chi connectivity index (χ1v) is 15.7. The van der Waals surface area contributed by atoms with Gasteiger partial charge in [0.15, 0.2) is 0 Å². The molecule has 0 radical (unpaired) electrons. The third kappa shape index (κ3) is 6.29. The summed E-state index contributed by atoms with van der Waals surface area (Å²) in [4.78, 5) is 41.7. The molecule has 5 heterocycles. The molecule has 1 unspecified atom stereocenters. The number of hydrogen-bond acceptors (Lipinski definition) is 8. The number of aromatic nitrogens is 4. The highest BCUT2D eigenvalue weighted by Crippen LogP contribution is 2.49. The van der Waals surface area contributed by atoms with Crippen molar-refractivity contribution in [2.75, 3.05) is 23.7 Å². The zero-order valence-corrected chi connectivity index (χ0v) is 25.7. The Labute approximate surface area is 259 Å². The molecule has 1 aromatic carbocycles. The molecule has 0 spiro atoms. The zero-order chi connectivity index (χ0) is 30.9. The van der Waals surface area contributed by atoms with Gasteiger partial charge in [-0.25, -0.2) is 14.8 Å². The van der Waals surface area contributed by atoms with Crippen LogP contribution in [0.1, 0.15) is 25.8 Å². The lowest BCUT2D eigenvalue weighted by atomic mass is 10.0. The maximum absolute atomic E-state index is 14.6. The zero-order valence-electron chi connectivity index (χ0n) is 23.3. The normalized spacial score (nSPS) is 18.6. The van der Waals surface area contributed by atoms with Crippen LogP contribution in [-0.4, -0.2) is 61.3 Å². The van der Waals surface area contributed by atoms with Crippen molar-refractivity contribution in [2.24, 2.45) is 0 Å². The van der Waals surface area contributed by atoms with Crippen molar-refractivity contribution >= 4 is 57.3 Å². The maximum Gasteiger partial charge on any atom is 0.417 e. The monoisotopic (exact) mass is 648 g/mol. The van der Waals surface area contributed by atoms with Gasteiger partial charge in [-0.3, -0.25) is 9.36 Å². The van der Waals surface area contributed by atoms with Gasteiger partial charge in [0.1, 0.15) is 12.1 Å². The van der Waals surface area contributed by atoms with Crippen LogP contribution in [0, 0.1) is 0 Å². The smallest absolute Gasteiger partial charge is 0.352 e. The number of piperazine rings is 1. The number of anilines is 1. The van der Waals surface area contributed by atoms with Gasteiger partial charge in [-0.15, -0.1) is 23.1 Å². The first-order valence-electron chi connectivity index (χ1n) is 13.5. The number of thiophene rings is 1. The van der Waals surface area contributed by atoms with Crippen LogP contribution >= 0.6 is 34.7 Å². The molecule has 1 amide bonds. The van der Waals surface area contributed by atoms with Gasteiger partial charge in [-0.05, 0) is 50.3 Å². The van der Waals surface area contributed by atoms with E-state index in [2.05, 4.69) is 21.5 Å². The highest BCUT2D eigenvalue weighted by molar-refractivity contribution is 7.99. The average molecular weight is 649 g/mol. The first kappa shape index (κ1) is 31.0. The molecule has 1 fully saturated rings. The molecule has 8 nitrogen and oxygen atoms in total. The number of carbonyl (C=O) groups is 1. The SMILES string of the molecule is C=CC(=O)N1C(C)CN(c2nc(=O)n3c4c(c(-c5cc(Cl)cs5)c(C(F)(F)F)cc24)SCCC3)C[C@H]1C.c1cncnc1. The number of nitrogens with zero attached hydrogens (tertiary/aromatic N) is 6. The van der Waals surface area contributed by atoms with E-state index in [0.29, 0.717) is 52.1 Å². The highest BCUT2D eigenvalue weighted by Gasteiger charge is 2.39. The van der Waals surface area contributed by atoms with E-state index in [1.54, 1.807) is 28.7 Å². The third-order valence-electron chi connectivity index (χ3n) is 7.22. The Morgan fingerprint density at radius 1 is 1.16 bits per heavy atom. The van der Waals surface area contributed by atoms with Crippen LogP contribution in [0.3, 0.4) is 0 Å². The Bertz CT molecular complexity index is 1670. The van der Waals surface area contributed by atoms with E-state index in [4.69, 9.17) is 11.6 Å². The topological polar surface area (TPSA) is 84.2 Å². The van der Waals surface area contributed by atoms with Crippen LogP contribution in [0.15, 0.2) is 64.6 Å². The van der Waals surface area contributed by atoms with Gasteiger partial charge in [0.25, 0.3) is 0 Å². The van der Waals surface area contributed by atoms with Gasteiger partial charge < -0.3 is 9.80 Å². The third-order valence-corrected chi connectivity index (χ3v) is 9.69. The van der Waals surface area contributed by atoms with Gasteiger partial charge in [-0.2, -0.15) is 18.2 Å². The van der Waals surface area contributed by atoms with Gasteiger partial charge in [0.2, 0.25) is 5.91 Å². The minimum atomic E-state index is -4.64. The predicted octanol–water partition coefficient (Wildman–Crippen LogP) is 6.38. The lowest BCUT2D eigenvalue weighted by molar-refractivity contribution is -0.137. The summed E-state index contributed by atoms with van der Waals surface area (Å²) in [5.74, 6) is 0.566. The maximum atomic E-state index is 14.6. The second kappa shape index (κ2) is 12.7. The molecule has 2 atom stereocenters. The summed E-state index contributed by atoms with van der Waals surface area (Å²) in [6, 6.07) is 3.93. The summed E-state index contributed by atoms with van der Waals surface area (Å²) in [5, 5.41) is 2.25. The second-order valence-electron chi connectivity index (χ2n) is 10.2. The number of aryl methyl sites for hydroxylation is 1. The van der Waals surface area contributed by atoms with Crippen LogP contribution in [0.25, 0.3) is 21.3 Å². The summed E-state index contributed by atoms with van der Waals surface area (Å²) in [6.45, 7) is 8.31.